The molecule has 0 saturated heterocycles. The van der Waals surface area contributed by atoms with Crippen molar-refractivity contribution in [2.45, 2.75) is 27.7 Å². The summed E-state index contributed by atoms with van der Waals surface area (Å²) in [6.45, 7) is 8.00. The highest BCUT2D eigenvalue weighted by molar-refractivity contribution is 5.81. The van der Waals surface area contributed by atoms with Crippen LogP contribution in [0.15, 0.2) is 36.4 Å². The topological polar surface area (TPSA) is 0 Å². The molecule has 0 amide bonds. The molecular formula is C14H18. The highest BCUT2D eigenvalue weighted by atomic mass is 13.9. The van der Waals surface area contributed by atoms with Crippen molar-refractivity contribution in [2.24, 2.45) is 0 Å². The monoisotopic (exact) mass is 186 g/mol. The van der Waals surface area contributed by atoms with Crippen LogP contribution in [0.3, 0.4) is 0 Å². The van der Waals surface area contributed by atoms with E-state index in [2.05, 4.69) is 24.3 Å². The van der Waals surface area contributed by atoms with Crippen LogP contribution in [0.2, 0.25) is 0 Å². The lowest BCUT2D eigenvalue weighted by Gasteiger charge is -1.89. The normalized spacial score (nSPS) is 7.43. The van der Waals surface area contributed by atoms with Gasteiger partial charge in [0, 0.05) is 0 Å². The Kier molecular flexibility index (Phi) is 7.27. The minimum atomic E-state index is 1.22. The fraction of sp³-hybridized carbons (Fsp3) is 0.286. The van der Waals surface area contributed by atoms with Gasteiger partial charge in [-0.3, -0.25) is 0 Å². The molecule has 0 N–H and O–H groups in total. The number of benzene rings is 1. The second-order valence-electron chi connectivity index (χ2n) is 2.21. The van der Waals surface area contributed by atoms with Crippen LogP contribution in [-0.2, 0) is 0 Å². The third-order valence-electron chi connectivity index (χ3n) is 1.53. The molecule has 2 aromatic carbocycles. The largest absolute Gasteiger partial charge is 0.0696 e. The van der Waals surface area contributed by atoms with Crippen molar-refractivity contribution in [1.29, 1.82) is 0 Å². The molecule has 0 heterocycles. The molecule has 0 aliphatic rings. The van der Waals surface area contributed by atoms with E-state index in [0.29, 0.717) is 0 Å². The summed E-state index contributed by atoms with van der Waals surface area (Å²) in [7, 11) is 0. The maximum atomic E-state index is 2.91. The maximum Gasteiger partial charge on any atom is -0.00365 e. The molecular weight excluding hydrogens is 168 g/mol. The lowest BCUT2D eigenvalue weighted by molar-refractivity contribution is 1.50. The zero-order chi connectivity index (χ0) is 10.8. The molecule has 0 aliphatic heterocycles. The first-order chi connectivity index (χ1) is 6.97. The van der Waals surface area contributed by atoms with Gasteiger partial charge < -0.3 is 0 Å². The summed E-state index contributed by atoms with van der Waals surface area (Å²) in [5.74, 6) is 0. The van der Waals surface area contributed by atoms with E-state index in [-0.39, 0.29) is 0 Å². The SMILES string of the molecule is CC.CC.c1cc2ccccc2cc#1. The van der Waals surface area contributed by atoms with Crippen molar-refractivity contribution < 1.29 is 0 Å². The van der Waals surface area contributed by atoms with E-state index in [1.807, 2.05) is 52.0 Å². The van der Waals surface area contributed by atoms with Crippen LogP contribution in [0, 0.1) is 12.1 Å². The molecule has 14 heavy (non-hydrogen) atoms. The highest BCUT2D eigenvalue weighted by Crippen LogP contribution is 2.08. The number of hydrogen-bond acceptors (Lipinski definition) is 0. The molecule has 0 bridgehead atoms. The van der Waals surface area contributed by atoms with Gasteiger partial charge in [-0.05, 0) is 22.9 Å². The summed E-state index contributed by atoms with van der Waals surface area (Å²) in [5, 5.41) is 2.45. The van der Waals surface area contributed by atoms with Crippen LogP contribution >= 0.6 is 0 Å². The summed E-state index contributed by atoms with van der Waals surface area (Å²) in [6, 6.07) is 17.9. The van der Waals surface area contributed by atoms with Gasteiger partial charge in [0.15, 0.2) is 0 Å². The summed E-state index contributed by atoms with van der Waals surface area (Å²) in [6.07, 6.45) is 0. The van der Waals surface area contributed by atoms with Gasteiger partial charge in [0.25, 0.3) is 0 Å². The Morgan fingerprint density at radius 2 is 1.07 bits per heavy atom. The molecule has 0 atom stereocenters. The van der Waals surface area contributed by atoms with Crippen LogP contribution in [-0.4, -0.2) is 0 Å². The predicted octanol–water partition coefficient (Wildman–Crippen LogP) is 4.49. The van der Waals surface area contributed by atoms with Crippen molar-refractivity contribution in [3.05, 3.63) is 48.5 Å². The van der Waals surface area contributed by atoms with E-state index >= 15 is 0 Å². The van der Waals surface area contributed by atoms with Gasteiger partial charge in [0.2, 0.25) is 0 Å². The minimum Gasteiger partial charge on any atom is -0.0696 e. The Morgan fingerprint density at radius 1 is 0.714 bits per heavy atom. The minimum absolute atomic E-state index is 1.22. The molecule has 74 valence electrons. The number of rotatable bonds is 0. The van der Waals surface area contributed by atoms with E-state index in [1.165, 1.54) is 10.8 Å². The lowest BCUT2D eigenvalue weighted by atomic mass is 10.2. The smallest absolute Gasteiger partial charge is 0.00365 e. The molecule has 0 fully saturated rings. The van der Waals surface area contributed by atoms with Crippen molar-refractivity contribution in [2.75, 3.05) is 0 Å². The maximum absolute atomic E-state index is 2.91. The van der Waals surface area contributed by atoms with Crippen LogP contribution < -0.4 is 0 Å². The van der Waals surface area contributed by atoms with Gasteiger partial charge >= 0.3 is 0 Å². The fourth-order valence-corrected chi connectivity index (χ4v) is 1.01. The molecule has 0 unspecified atom stereocenters. The average Bonchev–Trinajstić information content (AvgIpc) is 2.34. The van der Waals surface area contributed by atoms with Gasteiger partial charge in [-0.25, -0.2) is 0 Å². The Morgan fingerprint density at radius 3 is 1.43 bits per heavy atom. The second-order valence-corrected chi connectivity index (χ2v) is 2.21. The van der Waals surface area contributed by atoms with E-state index < -0.39 is 0 Å². The first-order valence-electron chi connectivity index (χ1n) is 5.23. The van der Waals surface area contributed by atoms with Crippen LogP contribution in [0.5, 0.6) is 0 Å². The van der Waals surface area contributed by atoms with E-state index in [4.69, 9.17) is 0 Å². The average molecular weight is 186 g/mol. The standard InChI is InChI=1S/C10H6.2C2H6/c1-2-6-10-8-4-3-7-9(10)5-1;2*1-2/h1-2,5-8H;2*1-2H3. The predicted molar refractivity (Wildman–Crippen MR) is 64.3 cm³/mol. The highest BCUT2D eigenvalue weighted by Gasteiger charge is 1.84. The van der Waals surface area contributed by atoms with Gasteiger partial charge in [-0.2, -0.15) is 0 Å². The molecule has 0 saturated carbocycles. The Hall–Kier alpha value is -1.48. The molecule has 0 aliphatic carbocycles. The van der Waals surface area contributed by atoms with Gasteiger partial charge in [-0.1, -0.05) is 64.1 Å². The number of fused-ring (bicyclic) bond motifs is 1. The third-order valence-corrected chi connectivity index (χ3v) is 1.53. The summed E-state index contributed by atoms with van der Waals surface area (Å²) in [5.41, 5.74) is 0. The van der Waals surface area contributed by atoms with Crippen molar-refractivity contribution in [1.82, 2.24) is 0 Å². The summed E-state index contributed by atoms with van der Waals surface area (Å²) < 4.78 is 0. The summed E-state index contributed by atoms with van der Waals surface area (Å²) in [4.78, 5) is 0. The molecule has 2 rings (SSSR count). The Labute approximate surface area is 87.6 Å². The molecule has 0 aromatic heterocycles. The van der Waals surface area contributed by atoms with Crippen LogP contribution in [0.25, 0.3) is 10.8 Å². The van der Waals surface area contributed by atoms with Crippen molar-refractivity contribution in [3.8, 4) is 0 Å². The number of hydrogen-bond donors (Lipinski definition) is 0. The molecule has 2 aromatic rings. The third kappa shape index (κ3) is 3.49. The molecule has 0 radical (unpaired) electrons. The zero-order valence-electron chi connectivity index (χ0n) is 9.46. The van der Waals surface area contributed by atoms with Gasteiger partial charge in [0.05, 0.1) is 0 Å². The Balaban J connectivity index is 0.000000379. The molecule has 0 heteroatoms. The molecule has 0 nitrogen and oxygen atoms in total. The van der Waals surface area contributed by atoms with Crippen molar-refractivity contribution in [3.63, 3.8) is 0 Å². The van der Waals surface area contributed by atoms with Crippen LogP contribution in [0.4, 0.5) is 0 Å². The van der Waals surface area contributed by atoms with E-state index in [1.54, 1.807) is 0 Å². The lowest BCUT2D eigenvalue weighted by Crippen LogP contribution is -1.65. The Bertz CT molecular complexity index is 271. The summed E-state index contributed by atoms with van der Waals surface area (Å²) >= 11 is 0. The molecule has 0 spiro atoms. The second kappa shape index (κ2) is 8.13. The first-order valence-corrected chi connectivity index (χ1v) is 5.23. The van der Waals surface area contributed by atoms with Crippen molar-refractivity contribution >= 4 is 10.8 Å². The van der Waals surface area contributed by atoms with E-state index in [9.17, 15) is 0 Å². The first kappa shape index (κ1) is 12.5. The quantitative estimate of drug-likeness (QED) is 0.568. The fourth-order valence-electron chi connectivity index (χ4n) is 1.01. The zero-order valence-corrected chi connectivity index (χ0v) is 9.46. The van der Waals surface area contributed by atoms with E-state index in [0.717, 1.165) is 0 Å². The van der Waals surface area contributed by atoms with Crippen LogP contribution in [0.1, 0.15) is 27.7 Å². The van der Waals surface area contributed by atoms with Gasteiger partial charge in [-0.15, -0.1) is 0 Å². The van der Waals surface area contributed by atoms with Gasteiger partial charge in [0.1, 0.15) is 0 Å².